The van der Waals surface area contributed by atoms with Gasteiger partial charge in [-0.05, 0) is 36.8 Å². The molecule has 3 atom stereocenters. The molecule has 3 aliphatic rings. The number of carbonyl (C=O) groups is 1. The summed E-state index contributed by atoms with van der Waals surface area (Å²) in [4.78, 5) is 15.3. The Kier molecular flexibility index (Phi) is 4.98. The molecule has 1 aromatic rings. The van der Waals surface area contributed by atoms with Crippen LogP contribution in [0.4, 0.5) is 0 Å². The third-order valence-corrected chi connectivity index (χ3v) is 6.06. The van der Waals surface area contributed by atoms with E-state index in [0.717, 1.165) is 32.5 Å². The fraction of sp³-hybridized carbons (Fsp3) is 0.632. The first-order valence-electron chi connectivity index (χ1n) is 8.82. The first kappa shape index (κ1) is 16.8. The molecule has 0 unspecified atom stereocenters. The Labute approximate surface area is 145 Å². The van der Waals surface area contributed by atoms with Crippen LogP contribution in [0, 0.1) is 24.7 Å². The Morgan fingerprint density at radius 3 is 2.65 bits per heavy atom. The van der Waals surface area contributed by atoms with Crippen molar-refractivity contribution in [2.75, 3.05) is 19.6 Å². The molecule has 1 amide bonds. The highest BCUT2D eigenvalue weighted by molar-refractivity contribution is 5.85. The Hall–Kier alpha value is -1.06. The first-order chi connectivity index (χ1) is 10.8. The summed E-state index contributed by atoms with van der Waals surface area (Å²) in [5.41, 5.74) is 2.69. The van der Waals surface area contributed by atoms with Crippen molar-refractivity contribution in [2.45, 2.75) is 38.6 Å². The van der Waals surface area contributed by atoms with Crippen LogP contribution in [0.5, 0.6) is 0 Å². The predicted molar refractivity (Wildman–Crippen MR) is 94.7 cm³/mol. The van der Waals surface area contributed by atoms with Gasteiger partial charge in [0.15, 0.2) is 0 Å². The van der Waals surface area contributed by atoms with E-state index in [1.54, 1.807) is 0 Å². The SMILES string of the molecule is Cc1ccccc1[C@@H]1[C@H]2CNC[C@H]2CN1C(=O)C1CCCC1.Cl. The molecular weight excluding hydrogens is 308 g/mol. The molecule has 126 valence electrons. The maximum atomic E-state index is 13.1. The maximum Gasteiger partial charge on any atom is 0.226 e. The van der Waals surface area contributed by atoms with Crippen LogP contribution in [-0.4, -0.2) is 30.4 Å². The van der Waals surface area contributed by atoms with Crippen molar-refractivity contribution >= 4 is 18.3 Å². The molecule has 0 radical (unpaired) electrons. The van der Waals surface area contributed by atoms with Gasteiger partial charge < -0.3 is 10.2 Å². The van der Waals surface area contributed by atoms with Crippen LogP contribution < -0.4 is 5.32 Å². The number of fused-ring (bicyclic) bond motifs is 1. The van der Waals surface area contributed by atoms with Crippen LogP contribution in [0.1, 0.15) is 42.9 Å². The molecule has 3 fully saturated rings. The van der Waals surface area contributed by atoms with Crippen LogP contribution in [0.25, 0.3) is 0 Å². The number of nitrogens with one attached hydrogen (secondary N) is 1. The first-order valence-corrected chi connectivity index (χ1v) is 8.82. The molecule has 3 nitrogen and oxygen atoms in total. The second kappa shape index (κ2) is 6.82. The molecular formula is C19H27ClN2O. The number of amides is 1. The molecule has 1 saturated carbocycles. The number of hydrogen-bond acceptors (Lipinski definition) is 2. The van der Waals surface area contributed by atoms with E-state index in [1.807, 2.05) is 0 Å². The average Bonchev–Trinajstić information content (AvgIpc) is 3.24. The van der Waals surface area contributed by atoms with Gasteiger partial charge >= 0.3 is 0 Å². The van der Waals surface area contributed by atoms with E-state index in [9.17, 15) is 4.79 Å². The van der Waals surface area contributed by atoms with Crippen LogP contribution >= 0.6 is 12.4 Å². The molecule has 1 N–H and O–H groups in total. The molecule has 4 rings (SSSR count). The minimum absolute atomic E-state index is 0. The minimum atomic E-state index is 0. The van der Waals surface area contributed by atoms with Crippen molar-refractivity contribution in [3.63, 3.8) is 0 Å². The van der Waals surface area contributed by atoms with Gasteiger partial charge in [-0.1, -0.05) is 37.1 Å². The van der Waals surface area contributed by atoms with E-state index < -0.39 is 0 Å². The lowest BCUT2D eigenvalue weighted by Crippen LogP contribution is -2.38. The molecule has 0 spiro atoms. The van der Waals surface area contributed by atoms with Gasteiger partial charge in [0.05, 0.1) is 6.04 Å². The Morgan fingerprint density at radius 2 is 1.91 bits per heavy atom. The van der Waals surface area contributed by atoms with E-state index in [1.165, 1.54) is 24.0 Å². The summed E-state index contributed by atoms with van der Waals surface area (Å²) in [5, 5.41) is 3.53. The lowest BCUT2D eigenvalue weighted by Gasteiger charge is -2.31. The molecule has 0 aromatic heterocycles. The zero-order valence-electron chi connectivity index (χ0n) is 13.8. The van der Waals surface area contributed by atoms with E-state index in [-0.39, 0.29) is 18.4 Å². The van der Waals surface area contributed by atoms with E-state index in [2.05, 4.69) is 41.4 Å². The van der Waals surface area contributed by atoms with E-state index >= 15 is 0 Å². The van der Waals surface area contributed by atoms with Crippen molar-refractivity contribution < 1.29 is 4.79 Å². The zero-order chi connectivity index (χ0) is 15.1. The van der Waals surface area contributed by atoms with Gasteiger partial charge in [-0.15, -0.1) is 12.4 Å². The number of rotatable bonds is 2. The lowest BCUT2D eigenvalue weighted by molar-refractivity contribution is -0.136. The molecule has 23 heavy (non-hydrogen) atoms. The lowest BCUT2D eigenvalue weighted by atomic mass is 9.87. The number of nitrogens with zero attached hydrogens (tertiary/aromatic N) is 1. The van der Waals surface area contributed by atoms with Gasteiger partial charge in [-0.3, -0.25) is 4.79 Å². The summed E-state index contributed by atoms with van der Waals surface area (Å²) in [6.07, 6.45) is 4.66. The molecule has 2 heterocycles. The fourth-order valence-electron chi connectivity index (χ4n) is 4.87. The quantitative estimate of drug-likeness (QED) is 0.899. The van der Waals surface area contributed by atoms with Crippen LogP contribution in [0.2, 0.25) is 0 Å². The van der Waals surface area contributed by atoms with Gasteiger partial charge in [-0.2, -0.15) is 0 Å². The smallest absolute Gasteiger partial charge is 0.226 e. The van der Waals surface area contributed by atoms with E-state index in [4.69, 9.17) is 0 Å². The van der Waals surface area contributed by atoms with Gasteiger partial charge in [0.2, 0.25) is 5.91 Å². The maximum absolute atomic E-state index is 13.1. The summed E-state index contributed by atoms with van der Waals surface area (Å²) in [6.45, 7) is 5.26. The van der Waals surface area contributed by atoms with Crippen LogP contribution in [-0.2, 0) is 4.79 Å². The Morgan fingerprint density at radius 1 is 1.17 bits per heavy atom. The number of benzene rings is 1. The number of hydrogen-bond donors (Lipinski definition) is 1. The summed E-state index contributed by atoms with van der Waals surface area (Å²) in [7, 11) is 0. The average molecular weight is 335 g/mol. The molecule has 4 heteroatoms. The van der Waals surface area contributed by atoms with Crippen molar-refractivity contribution in [2.24, 2.45) is 17.8 Å². The molecule has 2 saturated heterocycles. The van der Waals surface area contributed by atoms with Crippen LogP contribution in [0.3, 0.4) is 0 Å². The number of carbonyl (C=O) groups excluding carboxylic acids is 1. The van der Waals surface area contributed by atoms with Gasteiger partial charge in [-0.25, -0.2) is 0 Å². The van der Waals surface area contributed by atoms with Gasteiger partial charge in [0, 0.05) is 31.5 Å². The van der Waals surface area contributed by atoms with Crippen molar-refractivity contribution in [3.05, 3.63) is 35.4 Å². The molecule has 1 aliphatic carbocycles. The largest absolute Gasteiger partial charge is 0.335 e. The highest BCUT2D eigenvalue weighted by atomic mass is 35.5. The minimum Gasteiger partial charge on any atom is -0.335 e. The van der Waals surface area contributed by atoms with Crippen LogP contribution in [0.15, 0.2) is 24.3 Å². The highest BCUT2D eigenvalue weighted by Crippen LogP contribution is 2.45. The highest BCUT2D eigenvalue weighted by Gasteiger charge is 2.48. The normalized spacial score (nSPS) is 30.3. The van der Waals surface area contributed by atoms with Gasteiger partial charge in [0.25, 0.3) is 0 Å². The number of likely N-dealkylation sites (tertiary alicyclic amines) is 1. The summed E-state index contributed by atoms with van der Waals surface area (Å²) in [6, 6.07) is 8.92. The second-order valence-corrected chi connectivity index (χ2v) is 7.36. The van der Waals surface area contributed by atoms with Gasteiger partial charge in [0.1, 0.15) is 0 Å². The second-order valence-electron chi connectivity index (χ2n) is 7.36. The Bertz CT molecular complexity index is 570. The standard InChI is InChI=1S/C19H26N2O.ClH/c1-13-6-2-5-9-16(13)18-17-11-20-10-15(17)12-21(18)19(22)14-7-3-4-8-14;/h2,5-6,9,14-15,17-18,20H,3-4,7-8,10-12H2,1H3;1H/t15-,17-,18+;/m0./s1. The van der Waals surface area contributed by atoms with Crippen molar-refractivity contribution in [1.82, 2.24) is 10.2 Å². The zero-order valence-corrected chi connectivity index (χ0v) is 14.6. The third kappa shape index (κ3) is 2.89. The topological polar surface area (TPSA) is 32.3 Å². The summed E-state index contributed by atoms with van der Waals surface area (Å²) >= 11 is 0. The molecule has 0 bridgehead atoms. The third-order valence-electron chi connectivity index (χ3n) is 6.06. The van der Waals surface area contributed by atoms with E-state index in [0.29, 0.717) is 23.7 Å². The van der Waals surface area contributed by atoms with Crippen molar-refractivity contribution in [3.8, 4) is 0 Å². The molecule has 2 aliphatic heterocycles. The fourth-order valence-corrected chi connectivity index (χ4v) is 4.87. The Balaban J connectivity index is 0.00000156. The molecule has 1 aromatic carbocycles. The monoisotopic (exact) mass is 334 g/mol. The number of halogens is 1. The summed E-state index contributed by atoms with van der Waals surface area (Å²) < 4.78 is 0. The number of aryl methyl sites for hydroxylation is 1. The van der Waals surface area contributed by atoms with Crippen molar-refractivity contribution in [1.29, 1.82) is 0 Å². The predicted octanol–water partition coefficient (Wildman–Crippen LogP) is 3.33. The summed E-state index contributed by atoms with van der Waals surface area (Å²) in [5.74, 6) is 1.94.